The van der Waals surface area contributed by atoms with Crippen LogP contribution in [-0.4, -0.2) is 138 Å². The van der Waals surface area contributed by atoms with Crippen LogP contribution in [0.5, 0.6) is 34.5 Å². The maximum absolute atomic E-state index is 13.5. The lowest BCUT2D eigenvalue weighted by Gasteiger charge is -2.42. The van der Waals surface area contributed by atoms with Crippen LogP contribution in [0.2, 0.25) is 0 Å². The molecule has 300 valence electrons. The third-order valence-corrected chi connectivity index (χ3v) is 9.35. The molecule has 2 aliphatic rings. The number of benzene rings is 3. The fourth-order valence-corrected chi connectivity index (χ4v) is 6.28. The number of rotatable bonds is 10. The molecular weight excluding hydrogens is 748 g/mol. The van der Waals surface area contributed by atoms with Crippen molar-refractivity contribution in [1.82, 2.24) is 0 Å². The Hall–Kier alpha value is -5.48. The molecule has 0 amide bonds. The second-order valence-electron chi connectivity index (χ2n) is 13.0. The maximum Gasteiger partial charge on any atom is 0.330 e. The molecule has 0 spiro atoms. The second kappa shape index (κ2) is 16.3. The standard InChI is InChI=1S/C37H38O19/c1-51-21-8-14(2-5-17(21)40)3-7-26(43)52-13-25-30(45)32(47)34(49)36(54-25)28-23(55-37-35(50)33(48)29(44)24(12-38)56-37)11-22-27(31(28)46)19(42)10-20(53-22)15-4-6-16(39)18(41)9-15/h2-11,24-25,29-30,32-41,44-50H,12-13H2,1H3/b7-3+/t24-,25-,29-,30-,32+,33+,34-,35-,36+,37-/m1/s1. The number of hydrogen-bond donors (Lipinski definition) is 11. The number of carbonyl (C=O) groups is 1. The number of phenols is 4. The number of hydrogen-bond acceptors (Lipinski definition) is 19. The van der Waals surface area contributed by atoms with E-state index in [1.54, 1.807) is 0 Å². The summed E-state index contributed by atoms with van der Waals surface area (Å²) in [6.07, 6.45) is -16.2. The van der Waals surface area contributed by atoms with E-state index in [4.69, 9.17) is 28.1 Å². The number of esters is 1. The summed E-state index contributed by atoms with van der Waals surface area (Å²) in [7, 11) is 1.34. The average Bonchev–Trinajstić information content (AvgIpc) is 3.17. The molecule has 3 aromatic carbocycles. The van der Waals surface area contributed by atoms with Gasteiger partial charge in [0.25, 0.3) is 0 Å². The molecule has 0 aliphatic carbocycles. The zero-order chi connectivity index (χ0) is 40.6. The van der Waals surface area contributed by atoms with Crippen molar-refractivity contribution in [2.24, 2.45) is 0 Å². The van der Waals surface area contributed by atoms with Gasteiger partial charge >= 0.3 is 5.97 Å². The van der Waals surface area contributed by atoms with E-state index in [0.29, 0.717) is 5.56 Å². The highest BCUT2D eigenvalue weighted by Gasteiger charge is 2.49. The van der Waals surface area contributed by atoms with Gasteiger partial charge in [-0.3, -0.25) is 4.79 Å². The number of aliphatic hydroxyl groups excluding tert-OH is 7. The Morgan fingerprint density at radius 3 is 2.16 bits per heavy atom. The van der Waals surface area contributed by atoms with Crippen LogP contribution in [-0.2, 0) is 19.0 Å². The number of aromatic hydroxyl groups is 4. The molecule has 2 saturated heterocycles. The lowest BCUT2D eigenvalue weighted by Crippen LogP contribution is -2.60. The molecule has 0 saturated carbocycles. The largest absolute Gasteiger partial charge is 0.506 e. The molecule has 3 heterocycles. The van der Waals surface area contributed by atoms with Crippen molar-refractivity contribution in [3.05, 3.63) is 76.0 Å². The van der Waals surface area contributed by atoms with Crippen molar-refractivity contribution in [1.29, 1.82) is 0 Å². The molecule has 0 unspecified atom stereocenters. The number of methoxy groups -OCH3 is 1. The van der Waals surface area contributed by atoms with Crippen LogP contribution in [0.4, 0.5) is 0 Å². The summed E-state index contributed by atoms with van der Waals surface area (Å²) in [5, 5.41) is 115. The van der Waals surface area contributed by atoms with E-state index in [1.165, 1.54) is 37.5 Å². The second-order valence-corrected chi connectivity index (χ2v) is 13.0. The monoisotopic (exact) mass is 786 g/mol. The molecule has 19 heteroatoms. The molecule has 10 atom stereocenters. The Morgan fingerprint density at radius 2 is 1.46 bits per heavy atom. The topological polar surface area (TPSA) is 316 Å². The Kier molecular flexibility index (Phi) is 11.7. The normalized spacial score (nSPS) is 28.0. The summed E-state index contributed by atoms with van der Waals surface area (Å²) >= 11 is 0. The van der Waals surface area contributed by atoms with Crippen LogP contribution in [0, 0.1) is 0 Å². The van der Waals surface area contributed by atoms with Gasteiger partial charge in [-0.2, -0.15) is 0 Å². The molecule has 56 heavy (non-hydrogen) atoms. The molecule has 2 fully saturated rings. The molecule has 0 radical (unpaired) electrons. The minimum absolute atomic E-state index is 0.109. The lowest BCUT2D eigenvalue weighted by molar-refractivity contribution is -0.278. The van der Waals surface area contributed by atoms with Crippen LogP contribution in [0.25, 0.3) is 28.4 Å². The van der Waals surface area contributed by atoms with Crippen molar-refractivity contribution < 1.29 is 89.1 Å². The number of carbonyl (C=O) groups excluding carboxylic acids is 1. The zero-order valence-corrected chi connectivity index (χ0v) is 29.1. The van der Waals surface area contributed by atoms with Gasteiger partial charge in [0.1, 0.15) is 89.8 Å². The number of aliphatic hydroxyl groups is 7. The molecule has 2 aliphatic heterocycles. The van der Waals surface area contributed by atoms with E-state index >= 15 is 0 Å². The number of phenolic OH excluding ortho intramolecular Hbond substituents is 4. The van der Waals surface area contributed by atoms with E-state index in [1.807, 2.05) is 0 Å². The summed E-state index contributed by atoms with van der Waals surface area (Å²) in [5.41, 5.74) is -1.30. The highest BCUT2D eigenvalue weighted by Crippen LogP contribution is 2.46. The van der Waals surface area contributed by atoms with Gasteiger partial charge in [0.05, 0.1) is 19.3 Å². The lowest BCUT2D eigenvalue weighted by atomic mass is 9.89. The van der Waals surface area contributed by atoms with Gasteiger partial charge in [-0.15, -0.1) is 0 Å². The predicted octanol–water partition coefficient (Wildman–Crippen LogP) is -0.751. The average molecular weight is 787 g/mol. The van der Waals surface area contributed by atoms with Crippen LogP contribution in [0.3, 0.4) is 0 Å². The number of ether oxygens (including phenoxy) is 5. The van der Waals surface area contributed by atoms with Gasteiger partial charge in [-0.1, -0.05) is 6.07 Å². The van der Waals surface area contributed by atoms with Crippen molar-refractivity contribution in [3.63, 3.8) is 0 Å². The minimum atomic E-state index is -2.08. The van der Waals surface area contributed by atoms with Crippen molar-refractivity contribution in [3.8, 4) is 45.8 Å². The molecule has 1 aromatic heterocycles. The third-order valence-electron chi connectivity index (χ3n) is 9.35. The molecule has 4 aromatic rings. The highest BCUT2D eigenvalue weighted by atomic mass is 16.7. The SMILES string of the molecule is COc1cc(/C=C/C(=O)OC[C@H]2O[C@@H](c3c(O[C@@H]4O[C@H](CO)[C@@H](O)[C@H](O)[C@H]4O)cc4oc(-c5ccc(O)c(O)c5)cc(=O)c4c3O)[C@H](O)[C@@H](O)[C@@H]2O)ccc1O. The zero-order valence-electron chi connectivity index (χ0n) is 29.1. The summed E-state index contributed by atoms with van der Waals surface area (Å²) in [6.45, 7) is -1.57. The van der Waals surface area contributed by atoms with Crippen LogP contribution < -0.4 is 14.9 Å². The first kappa shape index (κ1) is 40.2. The van der Waals surface area contributed by atoms with Crippen LogP contribution in [0.1, 0.15) is 17.2 Å². The highest BCUT2D eigenvalue weighted by molar-refractivity contribution is 5.89. The van der Waals surface area contributed by atoms with E-state index in [-0.39, 0.29) is 22.8 Å². The summed E-state index contributed by atoms with van der Waals surface area (Å²) in [4.78, 5) is 26.2. The Morgan fingerprint density at radius 1 is 0.768 bits per heavy atom. The van der Waals surface area contributed by atoms with Crippen molar-refractivity contribution in [2.45, 2.75) is 61.2 Å². The van der Waals surface area contributed by atoms with E-state index in [9.17, 15) is 65.8 Å². The van der Waals surface area contributed by atoms with Gasteiger partial charge in [0, 0.05) is 23.8 Å². The predicted molar refractivity (Wildman–Crippen MR) is 188 cm³/mol. The Bertz CT molecular complexity index is 2160. The number of fused-ring (bicyclic) bond motifs is 1. The maximum atomic E-state index is 13.5. The van der Waals surface area contributed by atoms with Crippen molar-refractivity contribution in [2.75, 3.05) is 20.3 Å². The van der Waals surface area contributed by atoms with Gasteiger partial charge in [-0.05, 0) is 42.0 Å². The van der Waals surface area contributed by atoms with E-state index in [2.05, 4.69) is 0 Å². The van der Waals surface area contributed by atoms with Crippen LogP contribution in [0.15, 0.2) is 63.8 Å². The summed E-state index contributed by atoms with van der Waals surface area (Å²) in [6, 6.07) is 9.73. The summed E-state index contributed by atoms with van der Waals surface area (Å²) < 4.78 is 33.3. The molecule has 0 bridgehead atoms. The Balaban J connectivity index is 1.37. The molecule has 6 rings (SSSR count). The minimum Gasteiger partial charge on any atom is -0.506 e. The molecular formula is C37H38O19. The fourth-order valence-electron chi connectivity index (χ4n) is 6.28. The van der Waals surface area contributed by atoms with Crippen LogP contribution >= 0.6 is 0 Å². The first-order valence-corrected chi connectivity index (χ1v) is 16.9. The smallest absolute Gasteiger partial charge is 0.330 e. The van der Waals surface area contributed by atoms with E-state index in [0.717, 1.165) is 30.3 Å². The van der Waals surface area contributed by atoms with Crippen molar-refractivity contribution >= 4 is 23.0 Å². The first-order valence-electron chi connectivity index (χ1n) is 16.9. The summed E-state index contributed by atoms with van der Waals surface area (Å²) in [5.74, 6) is -3.64. The van der Waals surface area contributed by atoms with Gasteiger partial charge in [-0.25, -0.2) is 4.79 Å². The van der Waals surface area contributed by atoms with Gasteiger partial charge in [0.2, 0.25) is 6.29 Å². The quantitative estimate of drug-likeness (QED) is 0.0535. The molecule has 19 nitrogen and oxygen atoms in total. The van der Waals surface area contributed by atoms with Gasteiger partial charge < -0.3 is 84.3 Å². The molecule has 11 N–H and O–H groups in total. The first-order chi connectivity index (χ1) is 26.6. The fraction of sp³-hybridized carbons (Fsp3) is 0.351. The third kappa shape index (κ3) is 7.80. The van der Waals surface area contributed by atoms with Gasteiger partial charge in [0.15, 0.2) is 28.4 Å². The Labute approximate surface area is 315 Å². The van der Waals surface area contributed by atoms with E-state index < -0.39 is 125 Å².